The fourth-order valence-electron chi connectivity index (χ4n) is 1.97. The van der Waals surface area contributed by atoms with Crippen LogP contribution in [0.1, 0.15) is 4.88 Å². The van der Waals surface area contributed by atoms with Crippen LogP contribution in [0.5, 0.6) is 5.75 Å². The molecule has 0 radical (unpaired) electrons. The number of hydrogen-bond donors (Lipinski definition) is 1. The van der Waals surface area contributed by atoms with Crippen LogP contribution in [-0.2, 0) is 11.3 Å². The molecular formula is C15H16BrClN2O2S. The van der Waals surface area contributed by atoms with E-state index in [-0.39, 0.29) is 12.5 Å². The molecule has 1 amide bonds. The van der Waals surface area contributed by atoms with Gasteiger partial charge in [-0.25, -0.2) is 0 Å². The van der Waals surface area contributed by atoms with Gasteiger partial charge >= 0.3 is 0 Å². The quantitative estimate of drug-likeness (QED) is 0.784. The number of thiophene rings is 1. The molecule has 4 nitrogen and oxygen atoms in total. The molecule has 22 heavy (non-hydrogen) atoms. The Morgan fingerprint density at radius 3 is 2.82 bits per heavy atom. The molecule has 0 fully saturated rings. The van der Waals surface area contributed by atoms with E-state index in [4.69, 9.17) is 16.3 Å². The van der Waals surface area contributed by atoms with Crippen LogP contribution in [0.4, 0.5) is 5.69 Å². The molecule has 0 unspecified atom stereocenters. The number of nitrogens with zero attached hydrogens (tertiary/aromatic N) is 1. The standard InChI is InChI=1S/C15H16BrClN2O2S/c1-19(8-11-4-6-14(16)22-11)9-15(20)18-12-7-10(17)3-5-13(12)21-2/h3-7H,8-9H2,1-2H3,(H,18,20). The maximum absolute atomic E-state index is 12.1. The zero-order valence-corrected chi connectivity index (χ0v) is 15.4. The minimum Gasteiger partial charge on any atom is -0.495 e. The summed E-state index contributed by atoms with van der Waals surface area (Å²) in [5.74, 6) is 0.473. The van der Waals surface area contributed by atoms with E-state index >= 15 is 0 Å². The minimum atomic E-state index is -0.112. The molecule has 118 valence electrons. The molecule has 0 bridgehead atoms. The number of ether oxygens (including phenoxy) is 1. The summed E-state index contributed by atoms with van der Waals surface area (Å²) in [5.41, 5.74) is 0.576. The SMILES string of the molecule is COc1ccc(Cl)cc1NC(=O)CN(C)Cc1ccc(Br)s1. The number of benzene rings is 1. The summed E-state index contributed by atoms with van der Waals surface area (Å²) in [7, 11) is 3.46. The second-order valence-electron chi connectivity index (χ2n) is 4.77. The Hall–Kier alpha value is -1.08. The summed E-state index contributed by atoms with van der Waals surface area (Å²) < 4.78 is 6.30. The lowest BCUT2D eigenvalue weighted by molar-refractivity contribution is -0.117. The third-order valence-electron chi connectivity index (χ3n) is 2.90. The first kappa shape index (κ1) is 17.3. The number of methoxy groups -OCH3 is 1. The molecule has 1 N–H and O–H groups in total. The molecule has 7 heteroatoms. The molecule has 0 aliphatic heterocycles. The molecule has 2 rings (SSSR count). The van der Waals surface area contributed by atoms with Gasteiger partial charge in [-0.05, 0) is 53.3 Å². The zero-order valence-electron chi connectivity index (χ0n) is 12.2. The van der Waals surface area contributed by atoms with Gasteiger partial charge in [-0.1, -0.05) is 11.6 Å². The van der Waals surface area contributed by atoms with Gasteiger partial charge in [0.15, 0.2) is 0 Å². The van der Waals surface area contributed by atoms with Crippen LogP contribution in [-0.4, -0.2) is 31.5 Å². The lowest BCUT2D eigenvalue weighted by atomic mass is 10.3. The van der Waals surface area contributed by atoms with Crippen molar-refractivity contribution in [1.82, 2.24) is 4.90 Å². The first-order valence-corrected chi connectivity index (χ1v) is 8.53. The Morgan fingerprint density at radius 1 is 1.41 bits per heavy atom. The second kappa shape index (κ2) is 7.97. The summed E-state index contributed by atoms with van der Waals surface area (Å²) in [5, 5.41) is 3.38. The van der Waals surface area contributed by atoms with Crippen LogP contribution in [0, 0.1) is 0 Å². The highest BCUT2D eigenvalue weighted by atomic mass is 79.9. The lowest BCUT2D eigenvalue weighted by Gasteiger charge is -2.16. The Morgan fingerprint density at radius 2 is 2.18 bits per heavy atom. The van der Waals surface area contributed by atoms with Gasteiger partial charge in [0, 0.05) is 16.4 Å². The first-order chi connectivity index (χ1) is 10.5. The largest absolute Gasteiger partial charge is 0.495 e. The molecule has 2 aromatic rings. The van der Waals surface area contributed by atoms with Crippen LogP contribution >= 0.6 is 38.9 Å². The summed E-state index contributed by atoms with van der Waals surface area (Å²) in [6, 6.07) is 9.17. The minimum absolute atomic E-state index is 0.112. The van der Waals surface area contributed by atoms with Gasteiger partial charge < -0.3 is 10.1 Å². The number of carbonyl (C=O) groups is 1. The lowest BCUT2D eigenvalue weighted by Crippen LogP contribution is -2.29. The average Bonchev–Trinajstić information content (AvgIpc) is 2.83. The number of likely N-dealkylation sites (N-methyl/N-ethyl adjacent to an activating group) is 1. The maximum atomic E-state index is 12.1. The maximum Gasteiger partial charge on any atom is 0.238 e. The monoisotopic (exact) mass is 402 g/mol. The number of carbonyl (C=O) groups excluding carboxylic acids is 1. The normalized spacial score (nSPS) is 10.8. The molecule has 0 spiro atoms. The van der Waals surface area contributed by atoms with Gasteiger partial charge in [-0.2, -0.15) is 0 Å². The molecule has 0 saturated carbocycles. The van der Waals surface area contributed by atoms with E-state index in [0.717, 1.165) is 10.3 Å². The van der Waals surface area contributed by atoms with Crippen molar-refractivity contribution < 1.29 is 9.53 Å². The van der Waals surface area contributed by atoms with Gasteiger partial charge in [0.1, 0.15) is 5.75 Å². The van der Waals surface area contributed by atoms with E-state index in [1.54, 1.807) is 36.6 Å². The van der Waals surface area contributed by atoms with E-state index in [0.29, 0.717) is 16.5 Å². The number of hydrogen-bond acceptors (Lipinski definition) is 4. The van der Waals surface area contributed by atoms with E-state index in [9.17, 15) is 4.79 Å². The third-order valence-corrected chi connectivity index (χ3v) is 4.75. The molecule has 0 saturated heterocycles. The molecule has 1 aromatic carbocycles. The van der Waals surface area contributed by atoms with Crippen LogP contribution in [0.2, 0.25) is 5.02 Å². The summed E-state index contributed by atoms with van der Waals surface area (Å²) in [4.78, 5) is 15.3. The van der Waals surface area contributed by atoms with Crippen LogP contribution in [0.15, 0.2) is 34.1 Å². The molecule has 1 heterocycles. The van der Waals surface area contributed by atoms with Crippen molar-refractivity contribution in [2.45, 2.75) is 6.54 Å². The van der Waals surface area contributed by atoms with Gasteiger partial charge in [0.25, 0.3) is 0 Å². The van der Waals surface area contributed by atoms with Crippen LogP contribution in [0.3, 0.4) is 0 Å². The highest BCUT2D eigenvalue weighted by Gasteiger charge is 2.11. The number of amides is 1. The smallest absolute Gasteiger partial charge is 0.238 e. The Labute approximate surface area is 147 Å². The van der Waals surface area contributed by atoms with Crippen molar-refractivity contribution in [3.63, 3.8) is 0 Å². The molecule has 0 aliphatic rings. The molecular weight excluding hydrogens is 388 g/mol. The van der Waals surface area contributed by atoms with Crippen molar-refractivity contribution in [3.05, 3.63) is 44.0 Å². The van der Waals surface area contributed by atoms with Gasteiger partial charge in [-0.3, -0.25) is 9.69 Å². The van der Waals surface area contributed by atoms with Crippen molar-refractivity contribution >= 4 is 50.5 Å². The van der Waals surface area contributed by atoms with Gasteiger partial charge in [-0.15, -0.1) is 11.3 Å². The van der Waals surface area contributed by atoms with E-state index in [2.05, 4.69) is 21.2 Å². The molecule has 0 atom stereocenters. The van der Waals surface area contributed by atoms with Gasteiger partial charge in [0.2, 0.25) is 5.91 Å². The van der Waals surface area contributed by atoms with Crippen molar-refractivity contribution in [2.75, 3.05) is 26.0 Å². The predicted molar refractivity (Wildman–Crippen MR) is 95.0 cm³/mol. The third kappa shape index (κ3) is 4.98. The highest BCUT2D eigenvalue weighted by molar-refractivity contribution is 9.11. The summed E-state index contributed by atoms with van der Waals surface area (Å²) >= 11 is 11.0. The van der Waals surface area contributed by atoms with E-state index in [1.807, 2.05) is 24.1 Å². The number of halogens is 2. The first-order valence-electron chi connectivity index (χ1n) is 6.54. The highest BCUT2D eigenvalue weighted by Crippen LogP contribution is 2.27. The molecule has 0 aliphatic carbocycles. The zero-order chi connectivity index (χ0) is 16.1. The number of nitrogens with one attached hydrogen (secondary N) is 1. The van der Waals surface area contributed by atoms with Crippen molar-refractivity contribution in [1.29, 1.82) is 0 Å². The average molecular weight is 404 g/mol. The Balaban J connectivity index is 1.93. The summed E-state index contributed by atoms with van der Waals surface area (Å²) in [6.45, 7) is 1.00. The van der Waals surface area contributed by atoms with Gasteiger partial charge in [0.05, 0.1) is 23.1 Å². The molecule has 1 aromatic heterocycles. The van der Waals surface area contributed by atoms with E-state index < -0.39 is 0 Å². The topological polar surface area (TPSA) is 41.6 Å². The number of anilines is 1. The van der Waals surface area contributed by atoms with Crippen LogP contribution < -0.4 is 10.1 Å². The Kier molecular flexibility index (Phi) is 6.26. The van der Waals surface area contributed by atoms with Crippen molar-refractivity contribution in [3.8, 4) is 5.75 Å². The fraction of sp³-hybridized carbons (Fsp3) is 0.267. The Bertz CT molecular complexity index is 663. The van der Waals surface area contributed by atoms with E-state index in [1.165, 1.54) is 4.88 Å². The second-order valence-corrected chi connectivity index (χ2v) is 7.75. The number of rotatable bonds is 6. The van der Waals surface area contributed by atoms with Crippen molar-refractivity contribution in [2.24, 2.45) is 0 Å². The summed E-state index contributed by atoms with van der Waals surface area (Å²) in [6.07, 6.45) is 0. The predicted octanol–water partition coefficient (Wildman–Crippen LogP) is 4.24. The van der Waals surface area contributed by atoms with Crippen LogP contribution in [0.25, 0.3) is 0 Å². The fourth-order valence-corrected chi connectivity index (χ4v) is 3.71.